The number of sulfone groups is 1. The van der Waals surface area contributed by atoms with Gasteiger partial charge in [-0.25, -0.2) is 8.42 Å². The van der Waals surface area contributed by atoms with E-state index in [-0.39, 0.29) is 5.88 Å². The van der Waals surface area contributed by atoms with E-state index in [1.165, 1.54) is 0 Å². The van der Waals surface area contributed by atoms with Crippen molar-refractivity contribution in [3.05, 3.63) is 0 Å². The summed E-state index contributed by atoms with van der Waals surface area (Å²) in [4.78, 5) is 0. The summed E-state index contributed by atoms with van der Waals surface area (Å²) in [5.74, 6) is 0.486. The molecule has 0 unspecified atom stereocenters. The first-order chi connectivity index (χ1) is 3.21. The fourth-order valence-electron chi connectivity index (χ4n) is 0.528. The minimum atomic E-state index is -2.66. The molecule has 3 nitrogen and oxygen atoms in total. The Balaban J connectivity index is 2.76. The SMILES string of the molecule is O=S1(=O)CCNC1. The molecule has 0 atom stereocenters. The third-order valence-electron chi connectivity index (χ3n) is 0.912. The van der Waals surface area contributed by atoms with Crippen molar-refractivity contribution in [1.29, 1.82) is 0 Å². The van der Waals surface area contributed by atoms with Gasteiger partial charge in [-0.3, -0.25) is 0 Å². The van der Waals surface area contributed by atoms with E-state index >= 15 is 0 Å². The molecule has 0 aromatic rings. The number of hydrogen-bond acceptors (Lipinski definition) is 3. The third-order valence-corrected chi connectivity index (χ3v) is 2.38. The van der Waals surface area contributed by atoms with Gasteiger partial charge in [0.25, 0.3) is 0 Å². The van der Waals surface area contributed by atoms with E-state index in [4.69, 9.17) is 0 Å². The van der Waals surface area contributed by atoms with Crippen molar-refractivity contribution in [2.45, 2.75) is 0 Å². The fraction of sp³-hybridized carbons (Fsp3) is 1.00. The van der Waals surface area contributed by atoms with Crippen LogP contribution in [0.4, 0.5) is 0 Å². The van der Waals surface area contributed by atoms with Gasteiger partial charge in [0, 0.05) is 6.54 Å². The lowest BCUT2D eigenvalue weighted by atomic mass is 10.8. The second-order valence-electron chi connectivity index (χ2n) is 1.59. The van der Waals surface area contributed by atoms with Crippen LogP contribution in [0.3, 0.4) is 0 Å². The molecule has 1 aliphatic heterocycles. The zero-order chi connectivity index (χ0) is 5.33. The van der Waals surface area contributed by atoms with Crippen LogP contribution in [0.1, 0.15) is 0 Å². The molecule has 0 spiro atoms. The van der Waals surface area contributed by atoms with Crippen LogP contribution in [-0.4, -0.2) is 26.6 Å². The Bertz CT molecular complexity index is 136. The molecule has 0 bridgehead atoms. The summed E-state index contributed by atoms with van der Waals surface area (Å²) in [6.45, 7) is 0.627. The lowest BCUT2D eigenvalue weighted by molar-refractivity contribution is 0.601. The quantitative estimate of drug-likeness (QED) is 0.445. The zero-order valence-electron chi connectivity index (χ0n) is 3.85. The smallest absolute Gasteiger partial charge is 0.164 e. The second-order valence-corrected chi connectivity index (χ2v) is 3.78. The van der Waals surface area contributed by atoms with Gasteiger partial charge < -0.3 is 5.32 Å². The Hall–Kier alpha value is -0.0900. The van der Waals surface area contributed by atoms with Crippen molar-refractivity contribution < 1.29 is 8.42 Å². The molecule has 0 aliphatic carbocycles. The van der Waals surface area contributed by atoms with Gasteiger partial charge in [-0.1, -0.05) is 0 Å². The first-order valence-corrected chi connectivity index (χ1v) is 3.94. The molecule has 4 heteroatoms. The van der Waals surface area contributed by atoms with Crippen LogP contribution in [0.5, 0.6) is 0 Å². The highest BCUT2D eigenvalue weighted by atomic mass is 32.2. The van der Waals surface area contributed by atoms with Crippen molar-refractivity contribution in [1.82, 2.24) is 5.32 Å². The Morgan fingerprint density at radius 3 is 2.29 bits per heavy atom. The molecule has 7 heavy (non-hydrogen) atoms. The summed E-state index contributed by atoms with van der Waals surface area (Å²) >= 11 is 0. The predicted octanol–water partition coefficient (Wildman–Crippen LogP) is -1.04. The van der Waals surface area contributed by atoms with Crippen LogP contribution in [0.25, 0.3) is 0 Å². The largest absolute Gasteiger partial charge is 0.303 e. The number of nitrogens with one attached hydrogen (secondary N) is 1. The van der Waals surface area contributed by atoms with Gasteiger partial charge in [0.2, 0.25) is 0 Å². The maximum atomic E-state index is 10.4. The summed E-state index contributed by atoms with van der Waals surface area (Å²) in [6, 6.07) is 0. The van der Waals surface area contributed by atoms with E-state index in [0.29, 0.717) is 12.3 Å². The van der Waals surface area contributed by atoms with Gasteiger partial charge in [-0.2, -0.15) is 0 Å². The molecule has 0 amide bonds. The van der Waals surface area contributed by atoms with Crippen LogP contribution in [0.2, 0.25) is 0 Å². The van der Waals surface area contributed by atoms with Crippen LogP contribution in [0, 0.1) is 0 Å². The first-order valence-electron chi connectivity index (χ1n) is 2.12. The summed E-state index contributed by atoms with van der Waals surface area (Å²) < 4.78 is 20.7. The molecule has 42 valence electrons. The van der Waals surface area contributed by atoms with E-state index < -0.39 is 9.84 Å². The average Bonchev–Trinajstić information content (AvgIpc) is 1.84. The third kappa shape index (κ3) is 1.14. The molecule has 1 heterocycles. The van der Waals surface area contributed by atoms with E-state index in [1.807, 2.05) is 0 Å². The van der Waals surface area contributed by atoms with Crippen LogP contribution < -0.4 is 5.32 Å². The molecule has 1 rings (SSSR count). The molecular weight excluding hydrogens is 114 g/mol. The standard InChI is InChI=1S/C3H7NO2S/c5-7(6)2-1-4-3-7/h4H,1-3H2. The summed E-state index contributed by atoms with van der Waals surface area (Å²) in [5.41, 5.74) is 0. The average molecular weight is 121 g/mol. The van der Waals surface area contributed by atoms with Gasteiger partial charge in [-0.05, 0) is 0 Å². The highest BCUT2D eigenvalue weighted by molar-refractivity contribution is 7.91. The maximum absolute atomic E-state index is 10.4. The summed E-state index contributed by atoms with van der Waals surface area (Å²) in [6.07, 6.45) is 0. The fourth-order valence-corrected chi connectivity index (χ4v) is 1.58. The van der Waals surface area contributed by atoms with Crippen molar-refractivity contribution in [2.75, 3.05) is 18.2 Å². The van der Waals surface area contributed by atoms with Crippen LogP contribution >= 0.6 is 0 Å². The van der Waals surface area contributed by atoms with Crippen LogP contribution in [0.15, 0.2) is 0 Å². The lowest BCUT2D eigenvalue weighted by Crippen LogP contribution is -2.07. The Morgan fingerprint density at radius 1 is 1.43 bits per heavy atom. The first kappa shape index (κ1) is 5.05. The molecule has 1 aliphatic rings. The van der Waals surface area contributed by atoms with Crippen LogP contribution in [-0.2, 0) is 9.84 Å². The van der Waals surface area contributed by atoms with Gasteiger partial charge >= 0.3 is 0 Å². The van der Waals surface area contributed by atoms with Gasteiger partial charge in [0.05, 0.1) is 11.6 Å². The molecule has 1 fully saturated rings. The normalized spacial score (nSPS) is 28.0. The van der Waals surface area contributed by atoms with E-state index in [1.54, 1.807) is 0 Å². The van der Waals surface area contributed by atoms with Crippen molar-refractivity contribution in [3.8, 4) is 0 Å². The van der Waals surface area contributed by atoms with Gasteiger partial charge in [0.1, 0.15) is 0 Å². The lowest BCUT2D eigenvalue weighted by Gasteiger charge is -1.81. The topological polar surface area (TPSA) is 46.2 Å². The Morgan fingerprint density at radius 2 is 2.14 bits per heavy atom. The van der Waals surface area contributed by atoms with E-state index in [9.17, 15) is 8.42 Å². The minimum Gasteiger partial charge on any atom is -0.303 e. The molecule has 1 N–H and O–H groups in total. The van der Waals surface area contributed by atoms with E-state index in [2.05, 4.69) is 5.32 Å². The Labute approximate surface area is 42.6 Å². The summed E-state index contributed by atoms with van der Waals surface area (Å²) in [5, 5.41) is 2.72. The molecule has 1 saturated heterocycles. The molecular formula is C3H7NO2S. The van der Waals surface area contributed by atoms with Crippen molar-refractivity contribution in [3.63, 3.8) is 0 Å². The highest BCUT2D eigenvalue weighted by Gasteiger charge is 2.15. The molecule has 0 radical (unpaired) electrons. The van der Waals surface area contributed by atoms with Gasteiger partial charge in [-0.15, -0.1) is 0 Å². The monoisotopic (exact) mass is 121 g/mol. The molecule has 0 saturated carbocycles. The number of hydrogen-bond donors (Lipinski definition) is 1. The van der Waals surface area contributed by atoms with Crippen molar-refractivity contribution >= 4 is 9.84 Å². The second kappa shape index (κ2) is 1.45. The molecule has 0 aromatic heterocycles. The van der Waals surface area contributed by atoms with Crippen molar-refractivity contribution in [2.24, 2.45) is 0 Å². The Kier molecular flexibility index (Phi) is 1.05. The molecule has 0 aromatic carbocycles. The summed E-state index contributed by atoms with van der Waals surface area (Å²) in [7, 11) is -2.66. The highest BCUT2D eigenvalue weighted by Crippen LogP contribution is 1.91. The maximum Gasteiger partial charge on any atom is 0.164 e. The minimum absolute atomic E-state index is 0.174. The zero-order valence-corrected chi connectivity index (χ0v) is 4.66. The van der Waals surface area contributed by atoms with E-state index in [0.717, 1.165) is 0 Å². The number of rotatable bonds is 0. The van der Waals surface area contributed by atoms with Gasteiger partial charge in [0.15, 0.2) is 9.84 Å². The predicted molar refractivity (Wildman–Crippen MR) is 26.7 cm³/mol.